The average molecular weight is 391 g/mol. The van der Waals surface area contributed by atoms with Crippen LogP contribution in [0, 0.1) is 0 Å². The van der Waals surface area contributed by atoms with Crippen LogP contribution < -0.4 is 10.0 Å². The van der Waals surface area contributed by atoms with E-state index in [2.05, 4.69) is 14.9 Å². The molecule has 0 radical (unpaired) electrons. The van der Waals surface area contributed by atoms with Crippen molar-refractivity contribution in [2.24, 2.45) is 0 Å². The first-order chi connectivity index (χ1) is 12.9. The summed E-state index contributed by atoms with van der Waals surface area (Å²) < 4.78 is 32.1. The summed E-state index contributed by atoms with van der Waals surface area (Å²) >= 11 is 0. The number of benzene rings is 1. The third-order valence-electron chi connectivity index (χ3n) is 3.72. The molecule has 0 atom stereocenters. The van der Waals surface area contributed by atoms with Gasteiger partial charge in [0.05, 0.1) is 17.7 Å². The highest BCUT2D eigenvalue weighted by Crippen LogP contribution is 2.12. The van der Waals surface area contributed by atoms with Crippen LogP contribution in [0.5, 0.6) is 0 Å². The van der Waals surface area contributed by atoms with Gasteiger partial charge in [-0.1, -0.05) is 12.1 Å². The Morgan fingerprint density at radius 1 is 1.19 bits per heavy atom. The second-order valence-electron chi connectivity index (χ2n) is 6.25. The molecule has 2 rings (SSSR count). The Kier molecular flexibility index (Phi) is 7.78. The van der Waals surface area contributed by atoms with E-state index >= 15 is 0 Å². The van der Waals surface area contributed by atoms with Crippen molar-refractivity contribution in [3.05, 3.63) is 60.1 Å². The van der Waals surface area contributed by atoms with Crippen LogP contribution in [0.2, 0.25) is 0 Å². The minimum atomic E-state index is -3.62. The monoisotopic (exact) mass is 391 g/mol. The van der Waals surface area contributed by atoms with Gasteiger partial charge in [0.15, 0.2) is 0 Å². The standard InChI is InChI=1S/C19H25N3O4S/c1-22(2)13-4-12-20-19(23)11-8-16-6-9-18(10-7-16)27(24,25)21-15-17-5-3-14-26-17/h3,5-11,14,21H,4,12-13,15H2,1-2H3,(H,20,23). The molecule has 0 spiro atoms. The Morgan fingerprint density at radius 2 is 1.93 bits per heavy atom. The zero-order valence-corrected chi connectivity index (χ0v) is 16.3. The molecule has 0 unspecified atom stereocenters. The van der Waals surface area contributed by atoms with Crippen molar-refractivity contribution in [2.75, 3.05) is 27.2 Å². The van der Waals surface area contributed by atoms with Gasteiger partial charge in [-0.2, -0.15) is 0 Å². The normalized spacial score (nSPS) is 12.0. The van der Waals surface area contributed by atoms with Gasteiger partial charge in [-0.25, -0.2) is 13.1 Å². The van der Waals surface area contributed by atoms with Crippen molar-refractivity contribution in [3.63, 3.8) is 0 Å². The second kappa shape index (κ2) is 10.1. The lowest BCUT2D eigenvalue weighted by Crippen LogP contribution is -2.25. The minimum Gasteiger partial charge on any atom is -0.468 e. The van der Waals surface area contributed by atoms with Gasteiger partial charge >= 0.3 is 0 Å². The van der Waals surface area contributed by atoms with E-state index in [0.717, 1.165) is 18.5 Å². The van der Waals surface area contributed by atoms with Crippen LogP contribution in [0.4, 0.5) is 0 Å². The zero-order valence-electron chi connectivity index (χ0n) is 15.5. The molecule has 1 amide bonds. The molecular formula is C19H25N3O4S. The maximum absolute atomic E-state index is 12.3. The summed E-state index contributed by atoms with van der Waals surface area (Å²) in [4.78, 5) is 14.0. The largest absolute Gasteiger partial charge is 0.468 e. The molecule has 0 bridgehead atoms. The Labute approximate surface area is 160 Å². The van der Waals surface area contributed by atoms with E-state index in [1.165, 1.54) is 24.5 Å². The Hall–Kier alpha value is -2.42. The summed E-state index contributed by atoms with van der Waals surface area (Å²) in [6, 6.07) is 9.69. The summed E-state index contributed by atoms with van der Waals surface area (Å²) in [7, 11) is 0.345. The fourth-order valence-electron chi connectivity index (χ4n) is 2.26. The van der Waals surface area contributed by atoms with Gasteiger partial charge < -0.3 is 14.6 Å². The maximum atomic E-state index is 12.3. The molecule has 2 aromatic rings. The van der Waals surface area contributed by atoms with Crippen LogP contribution in [0.1, 0.15) is 17.7 Å². The number of carbonyl (C=O) groups is 1. The number of furan rings is 1. The van der Waals surface area contributed by atoms with Crippen molar-refractivity contribution in [3.8, 4) is 0 Å². The number of hydrogen-bond donors (Lipinski definition) is 2. The van der Waals surface area contributed by atoms with Crippen LogP contribution in [0.3, 0.4) is 0 Å². The Balaban J connectivity index is 1.85. The SMILES string of the molecule is CN(C)CCCNC(=O)C=Cc1ccc(S(=O)(=O)NCc2ccco2)cc1. The van der Waals surface area contributed by atoms with E-state index in [4.69, 9.17) is 4.42 Å². The van der Waals surface area contributed by atoms with Crippen molar-refractivity contribution in [2.45, 2.75) is 17.9 Å². The number of hydrogen-bond acceptors (Lipinski definition) is 5. The fraction of sp³-hybridized carbons (Fsp3) is 0.316. The van der Waals surface area contributed by atoms with Crippen molar-refractivity contribution >= 4 is 22.0 Å². The molecular weight excluding hydrogens is 366 g/mol. The molecule has 0 aliphatic heterocycles. The lowest BCUT2D eigenvalue weighted by atomic mass is 10.2. The summed E-state index contributed by atoms with van der Waals surface area (Å²) in [5, 5.41) is 2.81. The molecule has 8 heteroatoms. The van der Waals surface area contributed by atoms with E-state index < -0.39 is 10.0 Å². The van der Waals surface area contributed by atoms with Crippen LogP contribution in [0.25, 0.3) is 6.08 Å². The lowest BCUT2D eigenvalue weighted by Gasteiger charge is -2.08. The molecule has 146 valence electrons. The number of nitrogens with one attached hydrogen (secondary N) is 2. The zero-order chi connectivity index (χ0) is 19.7. The fourth-order valence-corrected chi connectivity index (χ4v) is 3.25. The quantitative estimate of drug-likeness (QED) is 0.476. The molecule has 1 aromatic carbocycles. The Bertz CT molecular complexity index is 842. The molecule has 7 nitrogen and oxygen atoms in total. The second-order valence-corrected chi connectivity index (χ2v) is 8.02. The third kappa shape index (κ3) is 7.38. The van der Waals surface area contributed by atoms with Crippen molar-refractivity contribution < 1.29 is 17.6 Å². The van der Waals surface area contributed by atoms with E-state index in [1.54, 1.807) is 30.3 Å². The molecule has 27 heavy (non-hydrogen) atoms. The van der Waals surface area contributed by atoms with Gasteiger partial charge in [0.25, 0.3) is 0 Å². The highest BCUT2D eigenvalue weighted by atomic mass is 32.2. The molecule has 2 N–H and O–H groups in total. The molecule has 0 saturated carbocycles. The highest BCUT2D eigenvalue weighted by molar-refractivity contribution is 7.89. The molecule has 0 saturated heterocycles. The van der Waals surface area contributed by atoms with E-state index in [-0.39, 0.29) is 17.3 Å². The van der Waals surface area contributed by atoms with Gasteiger partial charge in [0.2, 0.25) is 15.9 Å². The van der Waals surface area contributed by atoms with Crippen molar-refractivity contribution in [1.82, 2.24) is 14.9 Å². The molecule has 1 aromatic heterocycles. The van der Waals surface area contributed by atoms with Gasteiger partial charge in [-0.15, -0.1) is 0 Å². The summed E-state index contributed by atoms with van der Waals surface area (Å²) in [6.45, 7) is 1.61. The van der Waals surface area contributed by atoms with Crippen LogP contribution in [0.15, 0.2) is 58.1 Å². The lowest BCUT2D eigenvalue weighted by molar-refractivity contribution is -0.116. The number of rotatable bonds is 10. The number of sulfonamides is 1. The highest BCUT2D eigenvalue weighted by Gasteiger charge is 2.13. The predicted octanol–water partition coefficient (Wildman–Crippen LogP) is 1.84. The van der Waals surface area contributed by atoms with Gasteiger partial charge in [0.1, 0.15) is 5.76 Å². The Morgan fingerprint density at radius 3 is 2.56 bits per heavy atom. The van der Waals surface area contributed by atoms with Gasteiger partial charge in [-0.05, 0) is 63.0 Å². The maximum Gasteiger partial charge on any atom is 0.243 e. The van der Waals surface area contributed by atoms with E-state index in [0.29, 0.717) is 12.3 Å². The van der Waals surface area contributed by atoms with Gasteiger partial charge in [0, 0.05) is 12.6 Å². The predicted molar refractivity (Wildman–Crippen MR) is 104 cm³/mol. The molecule has 0 fully saturated rings. The summed E-state index contributed by atoms with van der Waals surface area (Å²) in [6.07, 6.45) is 5.45. The summed E-state index contributed by atoms with van der Waals surface area (Å²) in [5.41, 5.74) is 0.739. The van der Waals surface area contributed by atoms with Gasteiger partial charge in [-0.3, -0.25) is 4.79 Å². The average Bonchev–Trinajstić information content (AvgIpc) is 3.16. The van der Waals surface area contributed by atoms with E-state index in [9.17, 15) is 13.2 Å². The molecule has 0 aliphatic carbocycles. The van der Waals surface area contributed by atoms with Crippen LogP contribution >= 0.6 is 0 Å². The number of amides is 1. The first-order valence-electron chi connectivity index (χ1n) is 8.59. The van der Waals surface area contributed by atoms with Crippen molar-refractivity contribution in [1.29, 1.82) is 0 Å². The van der Waals surface area contributed by atoms with E-state index in [1.807, 2.05) is 14.1 Å². The first-order valence-corrected chi connectivity index (χ1v) is 10.1. The topological polar surface area (TPSA) is 91.7 Å². The molecule has 0 aliphatic rings. The minimum absolute atomic E-state index is 0.0883. The summed E-state index contributed by atoms with van der Waals surface area (Å²) in [5.74, 6) is 0.361. The smallest absolute Gasteiger partial charge is 0.243 e. The third-order valence-corrected chi connectivity index (χ3v) is 5.13. The molecule has 1 heterocycles. The van der Waals surface area contributed by atoms with Crippen LogP contribution in [-0.4, -0.2) is 46.4 Å². The van der Waals surface area contributed by atoms with Crippen LogP contribution in [-0.2, 0) is 21.4 Å². The number of nitrogens with zero attached hydrogens (tertiary/aromatic N) is 1. The first kappa shape index (κ1) is 20.9. The number of carbonyl (C=O) groups excluding carboxylic acids is 1.